The van der Waals surface area contributed by atoms with E-state index in [0.29, 0.717) is 5.69 Å². The molecule has 94 valence electrons. The quantitative estimate of drug-likeness (QED) is 0.884. The number of hydrogen-bond acceptors (Lipinski definition) is 1. The van der Waals surface area contributed by atoms with Crippen LogP contribution in [0.2, 0.25) is 0 Å². The van der Waals surface area contributed by atoms with Gasteiger partial charge in [0.1, 0.15) is 5.82 Å². The molecule has 2 aromatic rings. The van der Waals surface area contributed by atoms with Gasteiger partial charge in [0.15, 0.2) is 0 Å². The van der Waals surface area contributed by atoms with Crippen LogP contribution in [0.15, 0.2) is 35.1 Å². The van der Waals surface area contributed by atoms with Crippen molar-refractivity contribution < 1.29 is 4.39 Å². The summed E-state index contributed by atoms with van der Waals surface area (Å²) in [5.74, 6) is 0.551. The Morgan fingerprint density at radius 2 is 2.00 bits per heavy atom. The molecule has 1 heterocycles. The Labute approximate surface area is 104 Å². The third-order valence-corrected chi connectivity index (χ3v) is 3.38. The number of halogens is 1. The van der Waals surface area contributed by atoms with Crippen molar-refractivity contribution in [3.63, 3.8) is 0 Å². The second-order valence-corrected chi connectivity index (χ2v) is 4.91. The minimum absolute atomic E-state index is 0.0904. The lowest BCUT2D eigenvalue weighted by atomic mass is 10.2. The smallest absolute Gasteiger partial charge is 0.271 e. The van der Waals surface area contributed by atoms with Gasteiger partial charge in [0.05, 0.1) is 5.69 Å². The van der Waals surface area contributed by atoms with Gasteiger partial charge in [-0.25, -0.2) is 9.07 Å². The third-order valence-electron chi connectivity index (χ3n) is 3.38. The number of aryl methyl sites for hydroxylation is 1. The molecule has 3 rings (SSSR count). The second-order valence-electron chi connectivity index (χ2n) is 4.91. The van der Waals surface area contributed by atoms with Gasteiger partial charge in [0.25, 0.3) is 5.56 Å². The SMILES string of the molecule is O=c1cc(CCC2CC2)[nH]n1-c1ccc(F)cc1. The molecule has 0 radical (unpaired) electrons. The van der Waals surface area contributed by atoms with Crippen LogP contribution in [-0.4, -0.2) is 9.78 Å². The fourth-order valence-corrected chi connectivity index (χ4v) is 2.12. The Morgan fingerprint density at radius 1 is 1.28 bits per heavy atom. The molecule has 0 amide bonds. The van der Waals surface area contributed by atoms with Crippen LogP contribution >= 0.6 is 0 Å². The summed E-state index contributed by atoms with van der Waals surface area (Å²) in [4.78, 5) is 11.8. The zero-order valence-electron chi connectivity index (χ0n) is 10.0. The highest BCUT2D eigenvalue weighted by atomic mass is 19.1. The van der Waals surface area contributed by atoms with Crippen molar-refractivity contribution in [3.05, 3.63) is 52.2 Å². The van der Waals surface area contributed by atoms with E-state index in [9.17, 15) is 9.18 Å². The fourth-order valence-electron chi connectivity index (χ4n) is 2.12. The number of H-pyrrole nitrogens is 1. The summed E-state index contributed by atoms with van der Waals surface area (Å²) < 4.78 is 14.3. The zero-order valence-corrected chi connectivity index (χ0v) is 10.0. The van der Waals surface area contributed by atoms with Crippen molar-refractivity contribution in [1.82, 2.24) is 9.78 Å². The van der Waals surface area contributed by atoms with Crippen LogP contribution in [0.25, 0.3) is 5.69 Å². The topological polar surface area (TPSA) is 37.8 Å². The lowest BCUT2D eigenvalue weighted by Crippen LogP contribution is -2.13. The minimum Gasteiger partial charge on any atom is -0.295 e. The molecule has 0 bridgehead atoms. The Bertz CT molecular complexity index is 593. The lowest BCUT2D eigenvalue weighted by Gasteiger charge is -2.01. The summed E-state index contributed by atoms with van der Waals surface area (Å²) in [6.07, 6.45) is 4.70. The molecule has 1 aliphatic rings. The first-order chi connectivity index (χ1) is 8.72. The molecular formula is C14H15FN2O. The summed E-state index contributed by atoms with van der Waals surface area (Å²) in [5, 5.41) is 3.08. The predicted molar refractivity (Wildman–Crippen MR) is 67.4 cm³/mol. The predicted octanol–water partition coefficient (Wildman–Crippen LogP) is 2.65. The first-order valence-corrected chi connectivity index (χ1v) is 6.29. The molecule has 0 unspecified atom stereocenters. The Morgan fingerprint density at radius 3 is 2.67 bits per heavy atom. The van der Waals surface area contributed by atoms with Gasteiger partial charge in [-0.3, -0.25) is 9.89 Å². The van der Waals surface area contributed by atoms with Crippen LogP contribution in [0.3, 0.4) is 0 Å². The molecule has 0 spiro atoms. The number of aromatic nitrogens is 2. The fraction of sp³-hybridized carbons (Fsp3) is 0.357. The van der Waals surface area contributed by atoms with Gasteiger partial charge in [0.2, 0.25) is 0 Å². The van der Waals surface area contributed by atoms with Crippen molar-refractivity contribution in [3.8, 4) is 5.69 Å². The number of nitrogens with one attached hydrogen (secondary N) is 1. The second kappa shape index (κ2) is 4.44. The summed E-state index contributed by atoms with van der Waals surface area (Å²) in [7, 11) is 0. The first-order valence-electron chi connectivity index (χ1n) is 6.29. The van der Waals surface area contributed by atoms with E-state index in [4.69, 9.17) is 0 Å². The summed E-state index contributed by atoms with van der Waals surface area (Å²) in [6.45, 7) is 0. The van der Waals surface area contributed by atoms with Gasteiger partial charge in [-0.2, -0.15) is 0 Å². The first kappa shape index (κ1) is 11.3. The van der Waals surface area contributed by atoms with E-state index in [-0.39, 0.29) is 11.4 Å². The Kier molecular flexibility index (Phi) is 2.78. The molecule has 18 heavy (non-hydrogen) atoms. The molecule has 1 aromatic carbocycles. The van der Waals surface area contributed by atoms with E-state index in [2.05, 4.69) is 5.10 Å². The van der Waals surface area contributed by atoms with E-state index in [1.165, 1.54) is 29.7 Å². The van der Waals surface area contributed by atoms with Gasteiger partial charge in [-0.05, 0) is 43.0 Å². The number of aromatic amines is 1. The molecule has 1 aromatic heterocycles. The van der Waals surface area contributed by atoms with Crippen molar-refractivity contribution >= 4 is 0 Å². The normalized spacial score (nSPS) is 14.9. The van der Waals surface area contributed by atoms with Crippen LogP contribution in [0.1, 0.15) is 25.0 Å². The molecule has 4 heteroatoms. The highest BCUT2D eigenvalue weighted by Crippen LogP contribution is 2.33. The minimum atomic E-state index is -0.299. The van der Waals surface area contributed by atoms with E-state index < -0.39 is 0 Å². The molecule has 1 aliphatic carbocycles. The number of nitrogens with zero attached hydrogens (tertiary/aromatic N) is 1. The maximum Gasteiger partial charge on any atom is 0.271 e. The highest BCUT2D eigenvalue weighted by molar-refractivity contribution is 5.31. The molecule has 0 atom stereocenters. The number of rotatable bonds is 4. The van der Waals surface area contributed by atoms with Crippen LogP contribution in [0.5, 0.6) is 0 Å². The average Bonchev–Trinajstić information content (AvgIpc) is 3.12. The summed E-state index contributed by atoms with van der Waals surface area (Å²) in [5.41, 5.74) is 1.53. The zero-order chi connectivity index (χ0) is 12.5. The largest absolute Gasteiger partial charge is 0.295 e. The molecule has 0 aliphatic heterocycles. The standard InChI is InChI=1S/C14H15FN2O/c15-11-4-7-13(8-5-11)17-14(18)9-12(16-17)6-3-10-1-2-10/h4-5,7-10,16H,1-3,6H2. The maximum absolute atomic E-state index is 12.8. The van der Waals surface area contributed by atoms with Crippen molar-refractivity contribution in [1.29, 1.82) is 0 Å². The highest BCUT2D eigenvalue weighted by Gasteiger charge is 2.21. The van der Waals surface area contributed by atoms with Crippen LogP contribution in [0.4, 0.5) is 4.39 Å². The van der Waals surface area contributed by atoms with E-state index in [1.807, 2.05) is 0 Å². The van der Waals surface area contributed by atoms with Gasteiger partial charge >= 0.3 is 0 Å². The Hall–Kier alpha value is -1.84. The van der Waals surface area contributed by atoms with Crippen molar-refractivity contribution in [2.24, 2.45) is 5.92 Å². The maximum atomic E-state index is 12.8. The summed E-state index contributed by atoms with van der Waals surface area (Å²) >= 11 is 0. The molecule has 0 saturated heterocycles. The van der Waals surface area contributed by atoms with Gasteiger partial charge < -0.3 is 0 Å². The van der Waals surface area contributed by atoms with Crippen LogP contribution in [0, 0.1) is 11.7 Å². The Balaban J connectivity index is 1.82. The molecule has 3 nitrogen and oxygen atoms in total. The van der Waals surface area contributed by atoms with E-state index in [1.54, 1.807) is 18.2 Å². The summed E-state index contributed by atoms with van der Waals surface area (Å²) in [6, 6.07) is 7.53. The van der Waals surface area contributed by atoms with Crippen LogP contribution < -0.4 is 5.56 Å². The van der Waals surface area contributed by atoms with Gasteiger partial charge in [-0.15, -0.1) is 0 Å². The molecule has 1 saturated carbocycles. The van der Waals surface area contributed by atoms with Gasteiger partial charge in [0, 0.05) is 11.8 Å². The van der Waals surface area contributed by atoms with Crippen LogP contribution in [-0.2, 0) is 6.42 Å². The van der Waals surface area contributed by atoms with E-state index in [0.717, 1.165) is 24.5 Å². The number of benzene rings is 1. The van der Waals surface area contributed by atoms with Crippen molar-refractivity contribution in [2.75, 3.05) is 0 Å². The molecule has 1 fully saturated rings. The average molecular weight is 246 g/mol. The van der Waals surface area contributed by atoms with Gasteiger partial charge in [-0.1, -0.05) is 12.8 Å². The van der Waals surface area contributed by atoms with E-state index >= 15 is 0 Å². The third kappa shape index (κ3) is 2.37. The molecule has 1 N–H and O–H groups in total. The molecular weight excluding hydrogens is 231 g/mol. The van der Waals surface area contributed by atoms with Crippen molar-refractivity contribution in [2.45, 2.75) is 25.7 Å². The number of hydrogen-bond donors (Lipinski definition) is 1. The lowest BCUT2D eigenvalue weighted by molar-refractivity contribution is 0.626. The monoisotopic (exact) mass is 246 g/mol.